The number of carboxylic acid groups (broad SMARTS) is 2. The fraction of sp³-hybridized carbons (Fsp3) is 0.484. The normalized spacial score (nSPS) is 25.1. The van der Waals surface area contributed by atoms with Gasteiger partial charge in [-0.05, 0) is 19.9 Å². The Hall–Kier alpha value is -4.75. The molecule has 19 heteroatoms. The summed E-state index contributed by atoms with van der Waals surface area (Å²) in [7, 11) is 0. The Kier molecular flexibility index (Phi) is 9.25. The number of Topliss-reactive ketones (excluding diaryl/α,β-unsaturated/α-hetero) is 1. The summed E-state index contributed by atoms with van der Waals surface area (Å²) in [4.78, 5) is 90.7. The molecule has 6 N–H and O–H groups in total. The van der Waals surface area contributed by atoms with Crippen LogP contribution in [-0.2, 0) is 24.0 Å². The number of ketones is 1. The van der Waals surface area contributed by atoms with Gasteiger partial charge < -0.3 is 40.3 Å². The third kappa shape index (κ3) is 6.35. The first-order valence-corrected chi connectivity index (χ1v) is 17.8. The van der Waals surface area contributed by atoms with E-state index in [0.29, 0.717) is 42.0 Å². The number of aromatic hydroxyl groups is 1. The van der Waals surface area contributed by atoms with Crippen molar-refractivity contribution in [3.05, 3.63) is 50.5 Å². The first kappa shape index (κ1) is 35.1. The van der Waals surface area contributed by atoms with E-state index in [1.54, 1.807) is 4.90 Å². The number of carboxylic acids is 2. The van der Waals surface area contributed by atoms with Gasteiger partial charge in [-0.2, -0.15) is 0 Å². The molecule has 17 nitrogen and oxygen atoms in total. The van der Waals surface area contributed by atoms with Crippen LogP contribution in [-0.4, -0.2) is 130 Å². The van der Waals surface area contributed by atoms with E-state index in [-0.39, 0.29) is 46.2 Å². The van der Waals surface area contributed by atoms with E-state index in [4.69, 9.17) is 10.6 Å². The third-order valence-corrected chi connectivity index (χ3v) is 11.8. The number of hydrogen-bond donors (Lipinski definition) is 5. The van der Waals surface area contributed by atoms with Crippen LogP contribution in [0.3, 0.4) is 0 Å². The lowest BCUT2D eigenvalue weighted by Crippen LogP contribution is -2.66. The predicted molar refractivity (Wildman–Crippen MR) is 179 cm³/mol. The summed E-state index contributed by atoms with van der Waals surface area (Å²) in [5, 5.41) is 34.4. The molecule has 4 aliphatic rings. The molecule has 3 saturated heterocycles. The Labute approximate surface area is 293 Å². The number of aromatic nitrogens is 2. The molecule has 6 heterocycles. The van der Waals surface area contributed by atoms with Gasteiger partial charge in [0, 0.05) is 42.2 Å². The van der Waals surface area contributed by atoms with Crippen molar-refractivity contribution in [2.24, 2.45) is 11.1 Å². The number of β-lactam (4-membered cyclic amide) rings is 1. The number of carbonyl (C=O) groups excluding carboxylic acids is 3. The molecule has 0 aromatic carbocycles. The number of quaternary nitrogens is 1. The molecule has 3 fully saturated rings. The number of carbonyl (C=O) groups is 5. The van der Waals surface area contributed by atoms with Gasteiger partial charge in [0.25, 0.3) is 11.5 Å². The van der Waals surface area contributed by atoms with E-state index in [2.05, 4.69) is 15.1 Å². The van der Waals surface area contributed by atoms with Gasteiger partial charge in [-0.25, -0.2) is 14.6 Å². The number of aromatic amines is 1. The maximum atomic E-state index is 13.6. The average Bonchev–Trinajstić information content (AvgIpc) is 3.69. The number of amides is 2. The van der Waals surface area contributed by atoms with Crippen molar-refractivity contribution in [1.29, 1.82) is 0 Å². The van der Waals surface area contributed by atoms with E-state index in [1.807, 2.05) is 0 Å². The lowest BCUT2D eigenvalue weighted by Gasteiger charge is -2.51. The molecule has 0 saturated carbocycles. The number of thiazole rings is 1. The zero-order chi connectivity index (χ0) is 36.1. The number of anilines is 1. The molecule has 6 rings (SSSR count). The predicted octanol–water partition coefficient (Wildman–Crippen LogP) is 0.668. The Bertz CT molecular complexity index is 1900. The molecule has 266 valence electrons. The Balaban J connectivity index is 1.18. The number of thioether (sulfide) groups is 1. The van der Waals surface area contributed by atoms with Crippen LogP contribution in [0.5, 0.6) is 5.75 Å². The van der Waals surface area contributed by atoms with E-state index in [9.17, 15) is 44.1 Å². The van der Waals surface area contributed by atoms with E-state index >= 15 is 0 Å². The zero-order valence-electron chi connectivity index (χ0n) is 27.2. The number of nitrogens with one attached hydrogen (secondary N) is 1. The highest BCUT2D eigenvalue weighted by atomic mass is 32.2. The Morgan fingerprint density at radius 1 is 1.22 bits per heavy atom. The van der Waals surface area contributed by atoms with Gasteiger partial charge in [0.05, 0.1) is 43.0 Å². The number of rotatable bonds is 11. The van der Waals surface area contributed by atoms with Gasteiger partial charge in [0.1, 0.15) is 24.0 Å². The summed E-state index contributed by atoms with van der Waals surface area (Å²) in [6, 6.07) is 1.17. The van der Waals surface area contributed by atoms with Crippen molar-refractivity contribution in [2.75, 3.05) is 44.2 Å². The van der Waals surface area contributed by atoms with E-state index < -0.39 is 51.8 Å². The topological polar surface area (TPSA) is 246 Å². The third-order valence-electron chi connectivity index (χ3n) is 9.76. The van der Waals surface area contributed by atoms with Crippen LogP contribution < -0.4 is 11.3 Å². The minimum absolute atomic E-state index is 0.0255. The summed E-state index contributed by atoms with van der Waals surface area (Å²) in [6.45, 7) is 5.05. The fourth-order valence-corrected chi connectivity index (χ4v) is 8.97. The molecule has 0 aliphatic carbocycles. The van der Waals surface area contributed by atoms with Crippen molar-refractivity contribution in [2.45, 2.75) is 50.1 Å². The molecule has 2 amide bonds. The molecular weight excluding hydrogens is 695 g/mol. The number of fused-ring (bicyclic) bond motifs is 2. The van der Waals surface area contributed by atoms with Gasteiger partial charge >= 0.3 is 11.9 Å². The largest absolute Gasteiger partial charge is 0.503 e. The number of nitrogens with zero attached hydrogens (tertiary/aromatic N) is 5. The molecule has 2 aromatic heterocycles. The lowest BCUT2D eigenvalue weighted by atomic mass is 9.89. The number of nitrogens with two attached hydrogens (primary N) is 1. The van der Waals surface area contributed by atoms with Gasteiger partial charge in [-0.1, -0.05) is 5.16 Å². The fourth-order valence-electron chi connectivity index (χ4n) is 7.02. The van der Waals surface area contributed by atoms with Crippen LogP contribution in [0.25, 0.3) is 0 Å². The quantitative estimate of drug-likeness (QED) is 0.0925. The number of nitrogen functional groups attached to an aromatic ring is 1. The Morgan fingerprint density at radius 2 is 1.98 bits per heavy atom. The first-order valence-electron chi connectivity index (χ1n) is 15.8. The molecular formula is C31H36N7O10S2+. The molecule has 0 radical (unpaired) electrons. The molecule has 1 unspecified atom stereocenters. The van der Waals surface area contributed by atoms with Crippen molar-refractivity contribution in [3.63, 3.8) is 0 Å². The first-order chi connectivity index (χ1) is 23.6. The molecule has 4 atom stereocenters. The highest BCUT2D eigenvalue weighted by Gasteiger charge is 2.56. The van der Waals surface area contributed by atoms with Crippen LogP contribution in [0.1, 0.15) is 49.2 Å². The maximum absolute atomic E-state index is 13.6. The SMILES string of the molecule is CC(C)(O/N=C(\C(=O)C[C@@H]1C(=O)N2C(C(=O)O)=C(C[N+]34CCC[C@H]3CN(C(=O)c3c[nH]c(=O)c(O)c3)CC4)CS[C@H]12)c1csc(N)n1)C(=O)O. The molecule has 0 spiro atoms. The molecule has 50 heavy (non-hydrogen) atoms. The lowest BCUT2D eigenvalue weighted by molar-refractivity contribution is -0.938. The Morgan fingerprint density at radius 3 is 2.64 bits per heavy atom. The average molecular weight is 731 g/mol. The summed E-state index contributed by atoms with van der Waals surface area (Å²) < 4.78 is 0.575. The number of hydrogen-bond acceptors (Lipinski definition) is 13. The zero-order valence-corrected chi connectivity index (χ0v) is 28.8. The summed E-state index contributed by atoms with van der Waals surface area (Å²) >= 11 is 2.42. The highest BCUT2D eigenvalue weighted by Crippen LogP contribution is 2.46. The van der Waals surface area contributed by atoms with Crippen LogP contribution in [0.15, 0.2) is 38.9 Å². The van der Waals surface area contributed by atoms with Gasteiger partial charge in [-0.15, -0.1) is 23.1 Å². The number of oxime groups is 1. The van der Waals surface area contributed by atoms with Crippen molar-refractivity contribution in [3.8, 4) is 5.75 Å². The minimum Gasteiger partial charge on any atom is -0.503 e. The van der Waals surface area contributed by atoms with Crippen LogP contribution >= 0.6 is 23.1 Å². The van der Waals surface area contributed by atoms with Gasteiger partial charge in [-0.3, -0.25) is 24.1 Å². The monoisotopic (exact) mass is 730 g/mol. The molecule has 2 aromatic rings. The summed E-state index contributed by atoms with van der Waals surface area (Å²) in [5.41, 5.74) is 3.77. The van der Waals surface area contributed by atoms with E-state index in [0.717, 1.165) is 36.8 Å². The minimum atomic E-state index is -1.76. The second-order valence-corrected chi connectivity index (χ2v) is 15.3. The second kappa shape index (κ2) is 13.2. The standard InChI is InChI=1S/C31H35N7O10S2/c1-31(2,29(46)47)48-35-22(19-14-50-30(32)34-19)20(39)9-18-26(43)37-23(28(44)45)16(13-49-27(18)37)12-38-6-3-4-17(38)11-36(5-7-38)25(42)15-8-21(40)24(41)33-10-15/h8,10,14,17-18,27H,3-7,9,11-13H2,1-2H3,(H5-,32,33,34,35,39,40,41,42,44,45,46,47)/p+1/t17-,18+,27+,38?/m0/s1. The van der Waals surface area contributed by atoms with Crippen LogP contribution in [0.2, 0.25) is 0 Å². The molecule has 0 bridgehead atoms. The van der Waals surface area contributed by atoms with Gasteiger partial charge in [0.2, 0.25) is 11.5 Å². The number of aliphatic carboxylic acids is 2. The maximum Gasteiger partial charge on any atom is 0.352 e. The van der Waals surface area contributed by atoms with Crippen molar-refractivity contribution in [1.82, 2.24) is 19.8 Å². The van der Waals surface area contributed by atoms with E-state index in [1.165, 1.54) is 42.1 Å². The summed E-state index contributed by atoms with van der Waals surface area (Å²) in [6.07, 6.45) is 2.64. The highest BCUT2D eigenvalue weighted by molar-refractivity contribution is 8.00. The number of pyridine rings is 1. The van der Waals surface area contributed by atoms with Crippen LogP contribution in [0, 0.1) is 5.92 Å². The van der Waals surface area contributed by atoms with Crippen molar-refractivity contribution < 1.29 is 48.6 Å². The smallest absolute Gasteiger partial charge is 0.352 e. The number of piperazine rings is 1. The van der Waals surface area contributed by atoms with Crippen LogP contribution in [0.4, 0.5) is 5.13 Å². The summed E-state index contributed by atoms with van der Waals surface area (Å²) in [5.74, 6) is -5.11. The number of H-pyrrole nitrogens is 1. The second-order valence-electron chi connectivity index (χ2n) is 13.3. The molecule has 4 aliphatic heterocycles. The van der Waals surface area contributed by atoms with Gasteiger partial charge in [0.15, 0.2) is 22.4 Å². The van der Waals surface area contributed by atoms with Crippen molar-refractivity contribution >= 4 is 63.5 Å².